The van der Waals surface area contributed by atoms with E-state index in [9.17, 15) is 0 Å². The number of piperidine rings is 1. The minimum absolute atomic E-state index is 0.439. The van der Waals surface area contributed by atoms with Gasteiger partial charge >= 0.3 is 0 Å². The minimum Gasteiger partial charge on any atom is -0.366 e. The number of nitrogens with one attached hydrogen (secondary N) is 2. The summed E-state index contributed by atoms with van der Waals surface area (Å²) in [6.07, 6.45) is 4.10. The number of hydrogen-bond acceptors (Lipinski definition) is 6. The van der Waals surface area contributed by atoms with Crippen molar-refractivity contribution >= 4 is 11.8 Å². The fourth-order valence-electron chi connectivity index (χ4n) is 2.00. The van der Waals surface area contributed by atoms with Gasteiger partial charge in [0.05, 0.1) is 0 Å². The summed E-state index contributed by atoms with van der Waals surface area (Å²) >= 11 is 0. The van der Waals surface area contributed by atoms with Gasteiger partial charge in [0.2, 0.25) is 5.95 Å². The number of rotatable bonds is 3. The third kappa shape index (κ3) is 2.80. The van der Waals surface area contributed by atoms with Crippen LogP contribution in [0.5, 0.6) is 0 Å². The Labute approximate surface area is 95.2 Å². The van der Waals surface area contributed by atoms with Crippen LogP contribution >= 0.6 is 0 Å². The normalized spacial score (nSPS) is 21.8. The molecule has 16 heavy (non-hydrogen) atoms. The highest BCUT2D eigenvalue weighted by atomic mass is 15.3. The monoisotopic (exact) mass is 222 g/mol. The Morgan fingerprint density at radius 1 is 1.56 bits per heavy atom. The molecular formula is C10H18N6. The van der Waals surface area contributed by atoms with Gasteiger partial charge in [0.15, 0.2) is 0 Å². The molecule has 0 spiro atoms. The first-order chi connectivity index (χ1) is 7.78. The smallest absolute Gasteiger partial charge is 0.239 e. The Balaban J connectivity index is 1.97. The van der Waals surface area contributed by atoms with Gasteiger partial charge in [-0.25, -0.2) is 10.8 Å². The van der Waals surface area contributed by atoms with E-state index in [-0.39, 0.29) is 0 Å². The fraction of sp³-hybridized carbons (Fsp3) is 0.600. The van der Waals surface area contributed by atoms with E-state index in [1.807, 2.05) is 6.07 Å². The van der Waals surface area contributed by atoms with Crippen molar-refractivity contribution in [2.24, 2.45) is 5.84 Å². The Morgan fingerprint density at radius 2 is 2.44 bits per heavy atom. The first-order valence-corrected chi connectivity index (χ1v) is 5.52. The number of likely N-dealkylation sites (tertiary alicyclic amines) is 1. The molecule has 0 radical (unpaired) electrons. The zero-order valence-corrected chi connectivity index (χ0v) is 9.48. The Hall–Kier alpha value is -1.40. The van der Waals surface area contributed by atoms with Crippen LogP contribution in [-0.2, 0) is 0 Å². The zero-order chi connectivity index (χ0) is 11.4. The van der Waals surface area contributed by atoms with Crippen molar-refractivity contribution in [1.29, 1.82) is 0 Å². The molecule has 2 heterocycles. The van der Waals surface area contributed by atoms with Crippen molar-refractivity contribution in [2.75, 3.05) is 30.9 Å². The SMILES string of the molecule is CN1CCCC(Nc2ccnc(NN)n2)C1. The number of nitrogens with zero attached hydrogens (tertiary/aromatic N) is 3. The third-order valence-corrected chi connectivity index (χ3v) is 2.76. The maximum atomic E-state index is 5.26. The maximum Gasteiger partial charge on any atom is 0.239 e. The number of hydrogen-bond donors (Lipinski definition) is 3. The van der Waals surface area contributed by atoms with Crippen molar-refractivity contribution in [3.63, 3.8) is 0 Å². The maximum absolute atomic E-state index is 5.26. The number of likely N-dealkylation sites (N-methyl/N-ethyl adjacent to an activating group) is 1. The van der Waals surface area contributed by atoms with E-state index in [4.69, 9.17) is 5.84 Å². The molecule has 1 aromatic rings. The van der Waals surface area contributed by atoms with Gasteiger partial charge in [0.25, 0.3) is 0 Å². The molecule has 1 aliphatic heterocycles. The summed E-state index contributed by atoms with van der Waals surface area (Å²) in [6, 6.07) is 2.31. The van der Waals surface area contributed by atoms with Crippen LogP contribution in [0.3, 0.4) is 0 Å². The van der Waals surface area contributed by atoms with Crippen molar-refractivity contribution < 1.29 is 0 Å². The van der Waals surface area contributed by atoms with E-state index in [1.165, 1.54) is 19.4 Å². The van der Waals surface area contributed by atoms with Crippen molar-refractivity contribution in [1.82, 2.24) is 14.9 Å². The molecule has 1 fully saturated rings. The van der Waals surface area contributed by atoms with Gasteiger partial charge in [-0.05, 0) is 32.5 Å². The van der Waals surface area contributed by atoms with Crippen molar-refractivity contribution in [3.05, 3.63) is 12.3 Å². The van der Waals surface area contributed by atoms with E-state index in [1.54, 1.807) is 6.20 Å². The lowest BCUT2D eigenvalue weighted by molar-refractivity contribution is 0.261. The van der Waals surface area contributed by atoms with Crippen molar-refractivity contribution in [2.45, 2.75) is 18.9 Å². The number of nitrogen functional groups attached to an aromatic ring is 1. The van der Waals surface area contributed by atoms with Gasteiger partial charge in [0.1, 0.15) is 5.82 Å². The van der Waals surface area contributed by atoms with E-state index in [2.05, 4.69) is 32.7 Å². The van der Waals surface area contributed by atoms with E-state index < -0.39 is 0 Å². The zero-order valence-electron chi connectivity index (χ0n) is 9.48. The summed E-state index contributed by atoms with van der Waals surface area (Å²) in [7, 11) is 2.14. The Morgan fingerprint density at radius 3 is 3.19 bits per heavy atom. The van der Waals surface area contributed by atoms with Crippen molar-refractivity contribution in [3.8, 4) is 0 Å². The first kappa shape index (κ1) is 11.1. The van der Waals surface area contributed by atoms with Crippen LogP contribution in [-0.4, -0.2) is 41.0 Å². The van der Waals surface area contributed by atoms with Gasteiger partial charge in [-0.15, -0.1) is 0 Å². The van der Waals surface area contributed by atoms with Gasteiger partial charge in [0, 0.05) is 18.8 Å². The molecule has 88 valence electrons. The second-order valence-electron chi connectivity index (χ2n) is 4.16. The fourth-order valence-corrected chi connectivity index (χ4v) is 2.00. The summed E-state index contributed by atoms with van der Waals surface area (Å²) < 4.78 is 0. The van der Waals surface area contributed by atoms with Crippen LogP contribution in [0.2, 0.25) is 0 Å². The molecule has 6 nitrogen and oxygen atoms in total. The second kappa shape index (κ2) is 5.09. The molecule has 1 atom stereocenters. The highest BCUT2D eigenvalue weighted by molar-refractivity contribution is 5.39. The van der Waals surface area contributed by atoms with Gasteiger partial charge in [-0.3, -0.25) is 5.43 Å². The van der Waals surface area contributed by atoms with E-state index >= 15 is 0 Å². The predicted octanol–water partition coefficient (Wildman–Crippen LogP) is 0.268. The topological polar surface area (TPSA) is 79.1 Å². The average molecular weight is 222 g/mol. The molecule has 1 saturated heterocycles. The molecule has 1 aromatic heterocycles. The molecule has 2 rings (SSSR count). The van der Waals surface area contributed by atoms with E-state index in [0.717, 1.165) is 12.4 Å². The highest BCUT2D eigenvalue weighted by Gasteiger charge is 2.17. The number of aromatic nitrogens is 2. The summed E-state index contributed by atoms with van der Waals surface area (Å²) in [5.41, 5.74) is 2.44. The van der Waals surface area contributed by atoms with Crippen LogP contribution in [0.15, 0.2) is 12.3 Å². The Bertz CT molecular complexity index is 342. The number of nitrogens with two attached hydrogens (primary N) is 1. The summed E-state index contributed by atoms with van der Waals surface area (Å²) in [4.78, 5) is 10.5. The molecule has 0 saturated carbocycles. The molecule has 1 aliphatic rings. The van der Waals surface area contributed by atoms with Gasteiger partial charge in [-0.1, -0.05) is 0 Å². The standard InChI is InChI=1S/C10H18N6/c1-16-6-2-3-8(7-16)13-9-4-5-12-10(14-9)15-11/h4-5,8H,2-3,6-7,11H2,1H3,(H2,12,13,14,15). The third-order valence-electron chi connectivity index (χ3n) is 2.76. The summed E-state index contributed by atoms with van der Waals surface area (Å²) in [5, 5.41) is 3.40. The minimum atomic E-state index is 0.439. The summed E-state index contributed by atoms with van der Waals surface area (Å²) in [5.74, 6) is 6.52. The Kier molecular flexibility index (Phi) is 3.53. The van der Waals surface area contributed by atoms with Crippen LogP contribution in [0.1, 0.15) is 12.8 Å². The molecule has 0 bridgehead atoms. The molecule has 0 amide bonds. The van der Waals surface area contributed by atoms with Crippen LogP contribution in [0.4, 0.5) is 11.8 Å². The summed E-state index contributed by atoms with van der Waals surface area (Å²) in [6.45, 7) is 2.23. The molecule has 1 unspecified atom stereocenters. The number of hydrazine groups is 1. The van der Waals surface area contributed by atoms with Crippen LogP contribution in [0.25, 0.3) is 0 Å². The van der Waals surface area contributed by atoms with Crippen LogP contribution < -0.4 is 16.6 Å². The largest absolute Gasteiger partial charge is 0.366 e. The quantitative estimate of drug-likeness (QED) is 0.503. The molecule has 0 aromatic carbocycles. The van der Waals surface area contributed by atoms with Gasteiger partial charge < -0.3 is 10.2 Å². The molecule has 4 N–H and O–H groups in total. The van der Waals surface area contributed by atoms with E-state index in [0.29, 0.717) is 12.0 Å². The molecule has 6 heteroatoms. The first-order valence-electron chi connectivity index (χ1n) is 5.52. The lowest BCUT2D eigenvalue weighted by Gasteiger charge is -2.30. The molecule has 0 aliphatic carbocycles. The predicted molar refractivity (Wildman–Crippen MR) is 64.0 cm³/mol. The van der Waals surface area contributed by atoms with Gasteiger partial charge in [-0.2, -0.15) is 4.98 Å². The molecular weight excluding hydrogens is 204 g/mol. The highest BCUT2D eigenvalue weighted by Crippen LogP contribution is 2.13. The second-order valence-corrected chi connectivity index (χ2v) is 4.16. The average Bonchev–Trinajstić information content (AvgIpc) is 2.29. The lowest BCUT2D eigenvalue weighted by Crippen LogP contribution is -2.39. The lowest BCUT2D eigenvalue weighted by atomic mass is 10.1. The number of anilines is 2. The van der Waals surface area contributed by atoms with Crippen LogP contribution in [0, 0.1) is 0 Å².